The van der Waals surface area contributed by atoms with E-state index in [4.69, 9.17) is 12.5 Å². The van der Waals surface area contributed by atoms with E-state index >= 15 is 0 Å². The molecule has 0 spiro atoms. The fourth-order valence-electron chi connectivity index (χ4n) is 4.61. The molecule has 0 aliphatic rings. The maximum absolute atomic E-state index is 13.7. The van der Waals surface area contributed by atoms with Crippen LogP contribution in [-0.2, 0) is 44.6 Å². The summed E-state index contributed by atoms with van der Waals surface area (Å²) >= 11 is 0. The Hall–Kier alpha value is -5.98. The Morgan fingerprint density at radius 3 is 1.15 bits per heavy atom. The second-order valence-corrected chi connectivity index (χ2v) is 15.1. The standard InChI is InChI=1S/C34H26O15S3/c1-44-32(35)21-4-10-25(11-5-21)47-50(38,39)28-16-17-30-24(18-28)19-29(51(40,41)48-26-12-6-22(7-13-26)33(36)45-2)20-31(30)52(42,43)49-27-14-8-23(9-15-27)34(37)46-3/h4-20H,1-3H3. The van der Waals surface area contributed by atoms with Gasteiger partial charge in [-0.3, -0.25) is 0 Å². The average Bonchev–Trinajstić information content (AvgIpc) is 3.13. The summed E-state index contributed by atoms with van der Waals surface area (Å²) in [6.07, 6.45) is 0. The van der Waals surface area contributed by atoms with Crippen LogP contribution >= 0.6 is 0 Å². The Kier molecular flexibility index (Phi) is 10.5. The lowest BCUT2D eigenvalue weighted by molar-refractivity contribution is 0.0592. The van der Waals surface area contributed by atoms with Gasteiger partial charge in [-0.25, -0.2) is 14.4 Å². The number of ether oxygens (including phenoxy) is 3. The van der Waals surface area contributed by atoms with Gasteiger partial charge in [0.15, 0.2) is 0 Å². The molecular weight excluding hydrogens is 745 g/mol. The fourth-order valence-corrected chi connectivity index (χ4v) is 7.82. The molecule has 0 aromatic heterocycles. The Labute approximate surface area is 297 Å². The molecule has 0 atom stereocenters. The van der Waals surface area contributed by atoms with Crippen LogP contribution in [-0.4, -0.2) is 64.5 Å². The van der Waals surface area contributed by atoms with Gasteiger partial charge in [0.2, 0.25) is 0 Å². The molecule has 0 heterocycles. The first-order valence-electron chi connectivity index (χ1n) is 14.5. The van der Waals surface area contributed by atoms with Crippen LogP contribution in [0.25, 0.3) is 10.8 Å². The molecule has 18 heteroatoms. The van der Waals surface area contributed by atoms with Crippen LogP contribution in [0.5, 0.6) is 17.2 Å². The minimum Gasteiger partial charge on any atom is -0.465 e. The minimum atomic E-state index is -4.87. The zero-order valence-corrected chi connectivity index (χ0v) is 29.6. The van der Waals surface area contributed by atoms with E-state index in [1.54, 1.807) is 0 Å². The van der Waals surface area contributed by atoms with Gasteiger partial charge in [-0.1, -0.05) is 6.07 Å². The van der Waals surface area contributed by atoms with E-state index in [9.17, 15) is 39.6 Å². The van der Waals surface area contributed by atoms with E-state index in [1.165, 1.54) is 79.9 Å². The first kappa shape index (κ1) is 37.3. The summed E-state index contributed by atoms with van der Waals surface area (Å²) in [5, 5.41) is -0.339. The van der Waals surface area contributed by atoms with Gasteiger partial charge in [0, 0.05) is 5.39 Å². The SMILES string of the molecule is COC(=O)c1ccc(OS(=O)(=O)c2ccc3c(S(=O)(=O)Oc4ccc(C(=O)OC)cc4)cc(S(=O)(=O)Oc4ccc(C(=O)OC)cc4)cc3c2)cc1. The van der Waals surface area contributed by atoms with Gasteiger partial charge in [0.1, 0.15) is 31.9 Å². The maximum Gasteiger partial charge on any atom is 0.339 e. The minimum absolute atomic E-state index is 0.0953. The molecule has 270 valence electrons. The summed E-state index contributed by atoms with van der Waals surface area (Å²) in [5.41, 5.74) is 0.320. The van der Waals surface area contributed by atoms with Crippen molar-refractivity contribution in [3.05, 3.63) is 120 Å². The van der Waals surface area contributed by atoms with Crippen molar-refractivity contribution in [3.63, 3.8) is 0 Å². The number of rotatable bonds is 12. The smallest absolute Gasteiger partial charge is 0.339 e. The molecule has 0 aliphatic carbocycles. The van der Waals surface area contributed by atoms with Crippen LogP contribution in [0.15, 0.2) is 118 Å². The molecule has 0 radical (unpaired) electrons. The van der Waals surface area contributed by atoms with Gasteiger partial charge >= 0.3 is 48.3 Å². The molecule has 15 nitrogen and oxygen atoms in total. The van der Waals surface area contributed by atoms with Crippen LogP contribution in [0, 0.1) is 0 Å². The highest BCUT2D eigenvalue weighted by molar-refractivity contribution is 7.88. The summed E-state index contributed by atoms with van der Waals surface area (Å²) in [6.45, 7) is 0. The van der Waals surface area contributed by atoms with E-state index in [0.717, 1.165) is 44.6 Å². The number of hydrogen-bond donors (Lipinski definition) is 0. The second-order valence-electron chi connectivity index (χ2n) is 10.5. The molecule has 0 bridgehead atoms. The molecule has 5 rings (SSSR count). The highest BCUT2D eigenvalue weighted by Crippen LogP contribution is 2.33. The number of benzene rings is 5. The maximum atomic E-state index is 13.7. The van der Waals surface area contributed by atoms with E-state index < -0.39 is 62.9 Å². The number of carbonyl (C=O) groups is 3. The summed E-state index contributed by atoms with van der Waals surface area (Å²) in [4.78, 5) is 33.4. The topological polar surface area (TPSA) is 209 Å². The summed E-state index contributed by atoms with van der Waals surface area (Å²) in [5.74, 6) is -2.71. The van der Waals surface area contributed by atoms with Crippen LogP contribution in [0.2, 0.25) is 0 Å². The molecule has 0 fully saturated rings. The van der Waals surface area contributed by atoms with Crippen molar-refractivity contribution in [2.75, 3.05) is 21.3 Å². The van der Waals surface area contributed by atoms with Gasteiger partial charge in [0.25, 0.3) is 0 Å². The Bertz CT molecular complexity index is 2510. The van der Waals surface area contributed by atoms with Crippen molar-refractivity contribution in [1.82, 2.24) is 0 Å². The highest BCUT2D eigenvalue weighted by Gasteiger charge is 2.28. The van der Waals surface area contributed by atoms with E-state index in [-0.39, 0.29) is 44.7 Å². The number of methoxy groups -OCH3 is 3. The van der Waals surface area contributed by atoms with Crippen LogP contribution in [0.3, 0.4) is 0 Å². The largest absolute Gasteiger partial charge is 0.465 e. The van der Waals surface area contributed by atoms with Crippen LogP contribution in [0.4, 0.5) is 0 Å². The third-order valence-electron chi connectivity index (χ3n) is 7.15. The van der Waals surface area contributed by atoms with Crippen molar-refractivity contribution >= 4 is 59.0 Å². The van der Waals surface area contributed by atoms with Gasteiger partial charge in [-0.2, -0.15) is 25.3 Å². The molecule has 5 aromatic rings. The Balaban J connectivity index is 1.58. The van der Waals surface area contributed by atoms with Crippen molar-refractivity contribution in [2.24, 2.45) is 0 Å². The van der Waals surface area contributed by atoms with E-state index in [2.05, 4.69) is 14.2 Å². The zero-order valence-electron chi connectivity index (χ0n) is 27.2. The average molecular weight is 771 g/mol. The number of hydrogen-bond acceptors (Lipinski definition) is 15. The summed E-state index contributed by atoms with van der Waals surface area (Å²) in [6, 6.07) is 19.5. The lowest BCUT2D eigenvalue weighted by Crippen LogP contribution is -2.15. The quantitative estimate of drug-likeness (QED) is 0.0972. The molecule has 0 unspecified atom stereocenters. The monoisotopic (exact) mass is 770 g/mol. The normalized spacial score (nSPS) is 11.7. The molecule has 0 saturated heterocycles. The predicted octanol–water partition coefficient (Wildman–Crippen LogP) is 4.50. The van der Waals surface area contributed by atoms with Gasteiger partial charge in [0.05, 0.1) is 38.0 Å². The van der Waals surface area contributed by atoms with Gasteiger partial charge in [-0.05, 0) is 102 Å². The predicted molar refractivity (Wildman–Crippen MR) is 181 cm³/mol. The van der Waals surface area contributed by atoms with Crippen molar-refractivity contribution in [1.29, 1.82) is 0 Å². The molecular formula is C34H26O15S3. The third kappa shape index (κ3) is 8.14. The molecule has 5 aromatic carbocycles. The first-order chi connectivity index (χ1) is 24.6. The highest BCUT2D eigenvalue weighted by atomic mass is 32.2. The van der Waals surface area contributed by atoms with Crippen molar-refractivity contribution in [2.45, 2.75) is 14.7 Å². The third-order valence-corrected chi connectivity index (χ3v) is 10.9. The molecule has 0 N–H and O–H groups in total. The van der Waals surface area contributed by atoms with Crippen molar-refractivity contribution < 1.29 is 66.4 Å². The summed E-state index contributed by atoms with van der Waals surface area (Å²) < 4.78 is 111. The zero-order chi connectivity index (χ0) is 37.8. The van der Waals surface area contributed by atoms with Crippen LogP contribution in [0.1, 0.15) is 31.1 Å². The lowest BCUT2D eigenvalue weighted by atomic mass is 10.1. The van der Waals surface area contributed by atoms with E-state index in [1.807, 2.05) is 0 Å². The fraction of sp³-hybridized carbons (Fsp3) is 0.0882. The van der Waals surface area contributed by atoms with E-state index in [0.29, 0.717) is 0 Å². The summed E-state index contributed by atoms with van der Waals surface area (Å²) in [7, 11) is -10.8. The first-order valence-corrected chi connectivity index (χ1v) is 18.8. The molecule has 52 heavy (non-hydrogen) atoms. The van der Waals surface area contributed by atoms with Crippen molar-refractivity contribution in [3.8, 4) is 17.2 Å². The number of carbonyl (C=O) groups excluding carboxylic acids is 3. The second kappa shape index (κ2) is 14.7. The number of esters is 3. The van der Waals surface area contributed by atoms with Gasteiger partial charge < -0.3 is 26.8 Å². The molecule has 0 saturated carbocycles. The molecule has 0 aliphatic heterocycles. The Morgan fingerprint density at radius 1 is 0.423 bits per heavy atom. The van der Waals surface area contributed by atoms with Crippen LogP contribution < -0.4 is 12.5 Å². The lowest BCUT2D eigenvalue weighted by Gasteiger charge is -2.14. The molecule has 0 amide bonds. The van der Waals surface area contributed by atoms with Gasteiger partial charge in [-0.15, -0.1) is 0 Å². The number of fused-ring (bicyclic) bond motifs is 1. The Morgan fingerprint density at radius 2 is 0.769 bits per heavy atom.